The molecule has 0 atom stereocenters. The molecule has 3 heteroatoms. The van der Waals surface area contributed by atoms with Crippen molar-refractivity contribution >= 4 is 27.4 Å². The Bertz CT molecular complexity index is 217. The van der Waals surface area contributed by atoms with Crippen molar-refractivity contribution in [1.29, 1.82) is 0 Å². The van der Waals surface area contributed by atoms with Gasteiger partial charge in [0.1, 0.15) is 0 Å². The van der Waals surface area contributed by atoms with Gasteiger partial charge in [0.25, 0.3) is 0 Å². The van der Waals surface area contributed by atoms with Crippen LogP contribution in [0.2, 0.25) is 8.35 Å². The van der Waals surface area contributed by atoms with Crippen LogP contribution in [0.3, 0.4) is 0 Å². The topological polar surface area (TPSA) is 15.6 Å². The first-order valence-electron chi connectivity index (χ1n) is 5.41. The summed E-state index contributed by atoms with van der Waals surface area (Å²) in [6.07, 6.45) is 2.19. The maximum absolute atomic E-state index is 4.16. The molecule has 80 valence electrons. The molecule has 0 fully saturated rings. The number of nitrogens with zero attached hydrogens (tertiary/aromatic N) is 2. The van der Waals surface area contributed by atoms with E-state index in [-0.39, 0.29) is 0 Å². The van der Waals surface area contributed by atoms with Gasteiger partial charge in [-0.25, -0.2) is 0 Å². The van der Waals surface area contributed by atoms with Gasteiger partial charge < -0.3 is 0 Å². The molecule has 0 spiro atoms. The van der Waals surface area contributed by atoms with Gasteiger partial charge in [0.15, 0.2) is 0 Å². The van der Waals surface area contributed by atoms with Crippen LogP contribution in [0.1, 0.15) is 27.7 Å². The Morgan fingerprint density at radius 1 is 1.29 bits per heavy atom. The Morgan fingerprint density at radius 2 is 1.79 bits per heavy atom. The van der Waals surface area contributed by atoms with Crippen molar-refractivity contribution in [3.8, 4) is 0 Å². The fourth-order valence-corrected chi connectivity index (χ4v) is 8.22. The van der Waals surface area contributed by atoms with Gasteiger partial charge in [-0.3, -0.25) is 0 Å². The summed E-state index contributed by atoms with van der Waals surface area (Å²) in [6, 6.07) is 0. The molecule has 0 unspecified atom stereocenters. The third-order valence-corrected chi connectivity index (χ3v) is 12.5. The SMILES string of the molecule is C[CH2][In]([CH2]C)[N](C)/C(C)=C\C(C)=NC. The molecule has 0 heterocycles. The Morgan fingerprint density at radius 3 is 2.14 bits per heavy atom. The van der Waals surface area contributed by atoms with Crippen molar-refractivity contribution in [2.24, 2.45) is 4.99 Å². The molecule has 0 rings (SSSR count). The molecule has 0 saturated carbocycles. The van der Waals surface area contributed by atoms with Gasteiger partial charge in [0, 0.05) is 0 Å². The number of rotatable bonds is 5. The van der Waals surface area contributed by atoms with E-state index in [1.165, 1.54) is 14.1 Å². The minimum atomic E-state index is -1.40. The van der Waals surface area contributed by atoms with Crippen molar-refractivity contribution < 1.29 is 0 Å². The molecule has 0 bridgehead atoms. The van der Waals surface area contributed by atoms with E-state index in [4.69, 9.17) is 0 Å². The number of aliphatic imine (C=N–C) groups is 1. The summed E-state index contributed by atoms with van der Waals surface area (Å²) in [4.78, 5) is 4.16. The molecule has 2 nitrogen and oxygen atoms in total. The molecule has 14 heavy (non-hydrogen) atoms. The van der Waals surface area contributed by atoms with Crippen molar-refractivity contribution in [3.05, 3.63) is 11.8 Å². The molecule has 0 aliphatic heterocycles. The van der Waals surface area contributed by atoms with E-state index < -0.39 is 21.7 Å². The molecule has 0 aliphatic rings. The van der Waals surface area contributed by atoms with Gasteiger partial charge in [-0.15, -0.1) is 0 Å². The van der Waals surface area contributed by atoms with Crippen LogP contribution in [0.25, 0.3) is 0 Å². The second-order valence-corrected chi connectivity index (χ2v) is 14.3. The second-order valence-electron chi connectivity index (χ2n) is 3.73. The Hall–Kier alpha value is 0.0801. The molecule has 0 radical (unpaired) electrons. The molecule has 0 aromatic carbocycles. The fourth-order valence-electron chi connectivity index (χ4n) is 1.59. The predicted octanol–water partition coefficient (Wildman–Crippen LogP) is 2.94. The van der Waals surface area contributed by atoms with Crippen LogP contribution in [0.4, 0.5) is 0 Å². The van der Waals surface area contributed by atoms with E-state index in [1.807, 2.05) is 7.05 Å². The van der Waals surface area contributed by atoms with Gasteiger partial charge in [-0.1, -0.05) is 0 Å². The van der Waals surface area contributed by atoms with Crippen LogP contribution in [-0.2, 0) is 0 Å². The van der Waals surface area contributed by atoms with E-state index in [0.717, 1.165) is 5.71 Å². The van der Waals surface area contributed by atoms with Gasteiger partial charge in [0.2, 0.25) is 0 Å². The zero-order valence-electron chi connectivity index (χ0n) is 10.5. The first-order chi connectivity index (χ1) is 6.56. The molecule has 0 aromatic rings. The number of hydrogen-bond donors (Lipinski definition) is 0. The molecule has 0 aromatic heterocycles. The molecule has 0 N–H and O–H groups in total. The molecular weight excluding hydrogens is 275 g/mol. The summed E-state index contributed by atoms with van der Waals surface area (Å²) in [5, 5.41) is 0. The van der Waals surface area contributed by atoms with Crippen LogP contribution < -0.4 is 0 Å². The molecule has 0 saturated heterocycles. The molecular formula is C11H23InN2. The van der Waals surface area contributed by atoms with Crippen molar-refractivity contribution in [2.75, 3.05) is 14.1 Å². The Labute approximate surface area is 97.0 Å². The third kappa shape index (κ3) is 4.54. The third-order valence-electron chi connectivity index (χ3n) is 2.82. The van der Waals surface area contributed by atoms with Crippen molar-refractivity contribution in [1.82, 2.24) is 2.89 Å². The Kier molecular flexibility index (Phi) is 7.42. The predicted molar refractivity (Wildman–Crippen MR) is 67.3 cm³/mol. The maximum atomic E-state index is 4.16. The summed E-state index contributed by atoms with van der Waals surface area (Å²) < 4.78 is 5.36. The Balaban J connectivity index is 4.51. The zero-order valence-corrected chi connectivity index (χ0v) is 13.8. The first-order valence-corrected chi connectivity index (χ1v) is 11.5. The summed E-state index contributed by atoms with van der Waals surface area (Å²) in [6.45, 7) is 8.91. The van der Waals surface area contributed by atoms with Gasteiger partial charge in [-0.2, -0.15) is 0 Å². The standard InChI is InChI=1S/C7H13N2.2C2H5.In/c1-6(8-3)5-7(2)9-4;2*1-2;/h5H,1-4H3;2*1H2,2H3;/q-1;;;+1/b6-5-,9-7?;;;. The first kappa shape index (κ1) is 14.1. The normalized spacial score (nSPS) is 13.0. The van der Waals surface area contributed by atoms with E-state index in [9.17, 15) is 0 Å². The summed E-state index contributed by atoms with van der Waals surface area (Å²) in [7, 11) is 4.10. The van der Waals surface area contributed by atoms with E-state index >= 15 is 0 Å². The summed E-state index contributed by atoms with van der Waals surface area (Å²) >= 11 is -1.40. The minimum absolute atomic E-state index is 1.12. The number of allylic oxidation sites excluding steroid dienone is 2. The quantitative estimate of drug-likeness (QED) is 0.713. The second kappa shape index (κ2) is 7.38. The zero-order chi connectivity index (χ0) is 11.1. The fraction of sp³-hybridized carbons (Fsp3) is 0.727. The monoisotopic (exact) mass is 298 g/mol. The van der Waals surface area contributed by atoms with Crippen molar-refractivity contribution in [3.63, 3.8) is 0 Å². The molecule has 0 amide bonds. The summed E-state index contributed by atoms with van der Waals surface area (Å²) in [5.74, 6) is 0. The average molecular weight is 298 g/mol. The van der Waals surface area contributed by atoms with Gasteiger partial charge >= 0.3 is 97.2 Å². The van der Waals surface area contributed by atoms with Crippen LogP contribution in [-0.4, -0.2) is 44.4 Å². The van der Waals surface area contributed by atoms with E-state index in [2.05, 4.69) is 48.7 Å². The van der Waals surface area contributed by atoms with Gasteiger partial charge in [0.05, 0.1) is 0 Å². The summed E-state index contributed by atoms with van der Waals surface area (Å²) in [5.41, 5.74) is 2.50. The number of hydrogen-bond acceptors (Lipinski definition) is 2. The average Bonchev–Trinajstić information content (AvgIpc) is 2.19. The van der Waals surface area contributed by atoms with E-state index in [0.29, 0.717) is 0 Å². The van der Waals surface area contributed by atoms with Crippen molar-refractivity contribution in [2.45, 2.75) is 36.0 Å². The van der Waals surface area contributed by atoms with Crippen LogP contribution in [0, 0.1) is 0 Å². The molecule has 0 aliphatic carbocycles. The van der Waals surface area contributed by atoms with Gasteiger partial charge in [-0.05, 0) is 0 Å². The van der Waals surface area contributed by atoms with Crippen LogP contribution in [0.15, 0.2) is 16.8 Å². The van der Waals surface area contributed by atoms with E-state index in [1.54, 1.807) is 0 Å². The van der Waals surface area contributed by atoms with Crippen LogP contribution in [0.5, 0.6) is 0 Å². The van der Waals surface area contributed by atoms with Crippen LogP contribution >= 0.6 is 0 Å².